The standard InChI is InChI=1S/C29H34FN3O3/c1-36-22-8-9-23-24(15-22)31-27-25(17-34)33(28(35)20-5-3-6-20)18-29(26(23)27)10-12-32(13-11-29)16-19-4-2-7-21(30)14-19/h2,4,7-9,14-15,20,25,31,34H,3,5-6,10-13,16-18H2,1H3/t25-/m1/s1. The number of nitrogens with one attached hydrogen (secondary N) is 1. The number of carbonyl (C=O) groups excluding carboxylic acids is 1. The summed E-state index contributed by atoms with van der Waals surface area (Å²) in [6, 6.07) is 12.6. The van der Waals surface area contributed by atoms with Crippen molar-refractivity contribution in [1.29, 1.82) is 0 Å². The molecule has 3 aliphatic rings. The van der Waals surface area contributed by atoms with Crippen LogP contribution in [0, 0.1) is 11.7 Å². The smallest absolute Gasteiger partial charge is 0.226 e. The number of nitrogens with zero attached hydrogens (tertiary/aromatic N) is 2. The topological polar surface area (TPSA) is 68.8 Å². The van der Waals surface area contributed by atoms with E-state index in [4.69, 9.17) is 4.74 Å². The lowest BCUT2D eigenvalue weighted by Gasteiger charge is -2.51. The van der Waals surface area contributed by atoms with E-state index in [0.29, 0.717) is 6.54 Å². The number of aliphatic hydroxyl groups is 1. The van der Waals surface area contributed by atoms with E-state index in [1.54, 1.807) is 19.2 Å². The summed E-state index contributed by atoms with van der Waals surface area (Å²) in [5.41, 5.74) is 4.00. The summed E-state index contributed by atoms with van der Waals surface area (Å²) >= 11 is 0. The number of rotatable bonds is 5. The Bertz CT molecular complexity index is 1280. The minimum atomic E-state index is -0.359. The Morgan fingerprint density at radius 3 is 2.67 bits per heavy atom. The van der Waals surface area contributed by atoms with Crippen molar-refractivity contribution < 1.29 is 19.0 Å². The van der Waals surface area contributed by atoms with Crippen LogP contribution in [0.15, 0.2) is 42.5 Å². The molecule has 1 amide bonds. The fourth-order valence-corrected chi connectivity index (χ4v) is 6.57. The maximum atomic E-state index is 13.7. The lowest BCUT2D eigenvalue weighted by Crippen LogP contribution is -2.56. The van der Waals surface area contributed by atoms with Crippen molar-refractivity contribution in [3.8, 4) is 5.75 Å². The van der Waals surface area contributed by atoms with Crippen molar-refractivity contribution in [1.82, 2.24) is 14.8 Å². The predicted molar refractivity (Wildman–Crippen MR) is 136 cm³/mol. The molecular weight excluding hydrogens is 457 g/mol. The third kappa shape index (κ3) is 3.89. The van der Waals surface area contributed by atoms with Gasteiger partial charge in [-0.1, -0.05) is 18.6 Å². The summed E-state index contributed by atoms with van der Waals surface area (Å²) in [7, 11) is 1.66. The highest BCUT2D eigenvalue weighted by Crippen LogP contribution is 2.50. The second-order valence-corrected chi connectivity index (χ2v) is 10.8. The van der Waals surface area contributed by atoms with Gasteiger partial charge in [0.25, 0.3) is 0 Å². The quantitative estimate of drug-likeness (QED) is 0.551. The van der Waals surface area contributed by atoms with Gasteiger partial charge in [-0.25, -0.2) is 4.39 Å². The van der Waals surface area contributed by atoms with Crippen LogP contribution in [-0.4, -0.2) is 59.1 Å². The largest absolute Gasteiger partial charge is 0.497 e. The molecule has 0 unspecified atom stereocenters. The van der Waals surface area contributed by atoms with Crippen LogP contribution in [0.2, 0.25) is 0 Å². The number of aromatic nitrogens is 1. The predicted octanol–water partition coefficient (Wildman–Crippen LogP) is 4.53. The van der Waals surface area contributed by atoms with E-state index in [1.807, 2.05) is 23.1 Å². The number of aliphatic hydroxyl groups excluding tert-OH is 1. The average Bonchev–Trinajstić information content (AvgIpc) is 3.24. The molecule has 3 heterocycles. The summed E-state index contributed by atoms with van der Waals surface area (Å²) in [4.78, 5) is 21.5. The van der Waals surface area contributed by atoms with Gasteiger partial charge < -0.3 is 19.7 Å². The highest BCUT2D eigenvalue weighted by atomic mass is 19.1. The van der Waals surface area contributed by atoms with Crippen LogP contribution in [0.5, 0.6) is 5.75 Å². The Morgan fingerprint density at radius 1 is 1.19 bits per heavy atom. The van der Waals surface area contributed by atoms with Gasteiger partial charge in [0.05, 0.1) is 19.8 Å². The highest BCUT2D eigenvalue weighted by Gasteiger charge is 2.49. The molecule has 3 aromatic rings. The number of likely N-dealkylation sites (tertiary alicyclic amines) is 1. The molecular formula is C29H34FN3O3. The number of hydrogen-bond donors (Lipinski definition) is 2. The van der Waals surface area contributed by atoms with Gasteiger partial charge in [0.1, 0.15) is 11.6 Å². The van der Waals surface area contributed by atoms with E-state index in [0.717, 1.165) is 79.6 Å². The van der Waals surface area contributed by atoms with Crippen molar-refractivity contribution in [2.24, 2.45) is 5.92 Å². The van der Waals surface area contributed by atoms with Crippen LogP contribution in [0.3, 0.4) is 0 Å². The van der Waals surface area contributed by atoms with Crippen molar-refractivity contribution in [3.05, 3.63) is 65.1 Å². The van der Waals surface area contributed by atoms with Crippen LogP contribution in [0.1, 0.15) is 55.0 Å². The minimum Gasteiger partial charge on any atom is -0.497 e. The molecule has 7 heteroatoms. The zero-order valence-electron chi connectivity index (χ0n) is 20.8. The average molecular weight is 492 g/mol. The Kier molecular flexibility index (Phi) is 6.00. The Morgan fingerprint density at radius 2 is 2.00 bits per heavy atom. The molecule has 0 bridgehead atoms. The lowest BCUT2D eigenvalue weighted by molar-refractivity contribution is -0.144. The van der Waals surface area contributed by atoms with Gasteiger partial charge in [-0.15, -0.1) is 0 Å². The zero-order chi connectivity index (χ0) is 24.9. The summed E-state index contributed by atoms with van der Waals surface area (Å²) < 4.78 is 19.2. The molecule has 1 aromatic heterocycles. The van der Waals surface area contributed by atoms with Crippen LogP contribution in [0.25, 0.3) is 10.9 Å². The molecule has 1 saturated carbocycles. The third-order valence-electron chi connectivity index (χ3n) is 8.77. The number of halogens is 1. The van der Waals surface area contributed by atoms with Crippen molar-refractivity contribution in [2.45, 2.75) is 50.1 Å². The molecule has 1 atom stereocenters. The number of hydrogen-bond acceptors (Lipinski definition) is 4. The van der Waals surface area contributed by atoms with Gasteiger partial charge in [0.15, 0.2) is 0 Å². The van der Waals surface area contributed by atoms with E-state index in [9.17, 15) is 14.3 Å². The van der Waals surface area contributed by atoms with Crippen molar-refractivity contribution in [3.63, 3.8) is 0 Å². The van der Waals surface area contributed by atoms with Crippen LogP contribution in [-0.2, 0) is 16.8 Å². The van der Waals surface area contributed by atoms with E-state index in [1.165, 1.54) is 11.6 Å². The molecule has 1 saturated heterocycles. The van der Waals surface area contributed by atoms with Crippen LogP contribution < -0.4 is 4.74 Å². The molecule has 1 aliphatic carbocycles. The van der Waals surface area contributed by atoms with Gasteiger partial charge in [-0.05, 0) is 74.2 Å². The summed E-state index contributed by atoms with van der Waals surface area (Å²) in [6.07, 6.45) is 4.80. The number of fused-ring (bicyclic) bond motifs is 4. The van der Waals surface area contributed by atoms with Gasteiger partial charge in [0, 0.05) is 47.1 Å². The second kappa shape index (κ2) is 9.20. The molecule has 36 heavy (non-hydrogen) atoms. The molecule has 6 rings (SSSR count). The van der Waals surface area contributed by atoms with E-state index < -0.39 is 0 Å². The first-order chi connectivity index (χ1) is 17.5. The molecule has 2 N–H and O–H groups in total. The van der Waals surface area contributed by atoms with Gasteiger partial charge in [-0.2, -0.15) is 0 Å². The lowest BCUT2D eigenvalue weighted by atomic mass is 9.67. The molecule has 2 aromatic carbocycles. The normalized spacial score (nSPS) is 22.0. The Hall–Kier alpha value is -2.90. The number of ether oxygens (including phenoxy) is 1. The molecule has 6 nitrogen and oxygen atoms in total. The number of aromatic amines is 1. The first-order valence-corrected chi connectivity index (χ1v) is 13.1. The van der Waals surface area contributed by atoms with E-state index in [2.05, 4.69) is 16.0 Å². The Balaban J connectivity index is 1.37. The Labute approximate surface area is 211 Å². The summed E-state index contributed by atoms with van der Waals surface area (Å²) in [5, 5.41) is 11.6. The number of amides is 1. The molecule has 0 radical (unpaired) electrons. The molecule has 2 fully saturated rings. The molecule has 2 aliphatic heterocycles. The van der Waals surface area contributed by atoms with E-state index >= 15 is 0 Å². The van der Waals surface area contributed by atoms with Gasteiger partial charge >= 0.3 is 0 Å². The fraction of sp³-hybridized carbons (Fsp3) is 0.483. The molecule has 1 spiro atoms. The van der Waals surface area contributed by atoms with Crippen molar-refractivity contribution in [2.75, 3.05) is 33.4 Å². The maximum Gasteiger partial charge on any atom is 0.226 e. The number of benzene rings is 2. The SMILES string of the molecule is COc1ccc2c3c([nH]c2c1)[C@@H](CO)N(C(=O)C1CCC1)CC31CCN(Cc2cccc(F)c2)CC1. The first-order valence-electron chi connectivity index (χ1n) is 13.1. The number of piperidine rings is 1. The summed E-state index contributed by atoms with van der Waals surface area (Å²) in [5.74, 6) is 0.842. The zero-order valence-corrected chi connectivity index (χ0v) is 20.8. The maximum absolute atomic E-state index is 13.7. The number of H-pyrrole nitrogens is 1. The minimum absolute atomic E-state index is 0.0789. The van der Waals surface area contributed by atoms with E-state index in [-0.39, 0.29) is 35.7 Å². The van der Waals surface area contributed by atoms with Crippen LogP contribution >= 0.6 is 0 Å². The third-order valence-corrected chi connectivity index (χ3v) is 8.77. The first kappa shape index (κ1) is 23.5. The van der Waals surface area contributed by atoms with Crippen molar-refractivity contribution >= 4 is 16.8 Å². The monoisotopic (exact) mass is 491 g/mol. The number of carbonyl (C=O) groups is 1. The fourth-order valence-electron chi connectivity index (χ4n) is 6.57. The number of methoxy groups -OCH3 is 1. The molecule has 190 valence electrons. The summed E-state index contributed by atoms with van der Waals surface area (Å²) in [6.45, 7) is 2.99. The van der Waals surface area contributed by atoms with Gasteiger partial charge in [0.2, 0.25) is 5.91 Å². The highest BCUT2D eigenvalue weighted by molar-refractivity contribution is 5.89. The van der Waals surface area contributed by atoms with Crippen LogP contribution in [0.4, 0.5) is 4.39 Å². The van der Waals surface area contributed by atoms with Gasteiger partial charge in [-0.3, -0.25) is 9.69 Å². The second-order valence-electron chi connectivity index (χ2n) is 10.8.